The van der Waals surface area contributed by atoms with Crippen molar-refractivity contribution in [3.8, 4) is 17.4 Å². The first-order valence-electron chi connectivity index (χ1n) is 8.60. The van der Waals surface area contributed by atoms with Gasteiger partial charge in [-0.15, -0.1) is 23.8 Å². The summed E-state index contributed by atoms with van der Waals surface area (Å²) in [6.07, 6.45) is 0. The van der Waals surface area contributed by atoms with Crippen molar-refractivity contribution in [2.75, 3.05) is 5.75 Å². The molecule has 1 atom stereocenters. The van der Waals surface area contributed by atoms with Gasteiger partial charge in [-0.05, 0) is 18.1 Å². The number of phenolic OH excluding ortho intramolecular Hbond substituents is 1. The first-order valence-corrected chi connectivity index (χ1v) is 9.58. The Kier molecular flexibility index (Phi) is 6.23. The number of hydrogen-bond acceptors (Lipinski definition) is 5. The van der Waals surface area contributed by atoms with Crippen molar-refractivity contribution in [3.05, 3.63) is 60.2 Å². The van der Waals surface area contributed by atoms with E-state index >= 15 is 0 Å². The van der Waals surface area contributed by atoms with E-state index in [1.165, 1.54) is 0 Å². The Morgan fingerprint density at radius 1 is 1.15 bits per heavy atom. The SMILES string of the molecule is CC(C)[C@H]1CSC(c2[c-]c(Oc3ccc4cccc(O)c4n3)ccc2)=N1.[Pt]. The van der Waals surface area contributed by atoms with Gasteiger partial charge in [-0.2, -0.15) is 11.8 Å². The molecule has 0 amide bonds. The van der Waals surface area contributed by atoms with Crippen LogP contribution in [-0.4, -0.2) is 26.9 Å². The predicted molar refractivity (Wildman–Crippen MR) is 106 cm³/mol. The largest absolute Gasteiger partial charge is 0.506 e. The standard InChI is InChI=1S/C21H19N2O2S.Pt/c1-13(2)17-12-26-21(22-17)15-6-3-7-16(11-15)25-19-10-9-14-5-4-8-18(24)20(14)23-19;/h3-10,13,17,24H,12H2,1-2H3;/q-1;/t17-;/m1./s1. The van der Waals surface area contributed by atoms with E-state index in [1.807, 2.05) is 30.3 Å². The van der Waals surface area contributed by atoms with Gasteiger partial charge in [-0.3, -0.25) is 0 Å². The molecule has 0 fully saturated rings. The van der Waals surface area contributed by atoms with Crippen molar-refractivity contribution in [1.29, 1.82) is 0 Å². The number of pyridine rings is 1. The van der Waals surface area contributed by atoms with Crippen molar-refractivity contribution in [2.24, 2.45) is 10.9 Å². The number of hydrogen-bond donors (Lipinski definition) is 1. The average molecular weight is 559 g/mol. The molecule has 0 aliphatic carbocycles. The van der Waals surface area contributed by atoms with Crippen LogP contribution in [0.2, 0.25) is 0 Å². The summed E-state index contributed by atoms with van der Waals surface area (Å²) in [5.41, 5.74) is 1.47. The van der Waals surface area contributed by atoms with E-state index in [4.69, 9.17) is 9.73 Å². The van der Waals surface area contributed by atoms with Crippen LogP contribution in [0.5, 0.6) is 17.4 Å². The number of phenols is 1. The molecule has 4 rings (SSSR count). The second-order valence-corrected chi connectivity index (χ2v) is 7.59. The molecule has 1 aromatic heterocycles. The van der Waals surface area contributed by atoms with Crippen molar-refractivity contribution < 1.29 is 30.9 Å². The van der Waals surface area contributed by atoms with Crippen LogP contribution in [-0.2, 0) is 21.1 Å². The van der Waals surface area contributed by atoms with Gasteiger partial charge in [0.25, 0.3) is 0 Å². The second kappa shape index (κ2) is 8.45. The molecule has 0 saturated heterocycles. The van der Waals surface area contributed by atoms with Crippen LogP contribution in [0.15, 0.2) is 53.5 Å². The fourth-order valence-corrected chi connectivity index (χ4v) is 4.07. The van der Waals surface area contributed by atoms with E-state index in [2.05, 4.69) is 24.9 Å². The molecule has 2 heterocycles. The Balaban J connectivity index is 0.00000210. The molecule has 0 bridgehead atoms. The second-order valence-electron chi connectivity index (χ2n) is 6.59. The van der Waals surface area contributed by atoms with E-state index in [9.17, 15) is 5.11 Å². The van der Waals surface area contributed by atoms with Crippen LogP contribution in [0.3, 0.4) is 0 Å². The normalized spacial score (nSPS) is 16.3. The molecule has 6 heteroatoms. The van der Waals surface area contributed by atoms with E-state index in [1.54, 1.807) is 30.0 Å². The van der Waals surface area contributed by atoms with Crippen LogP contribution in [0.4, 0.5) is 0 Å². The first kappa shape index (κ1) is 19.9. The molecule has 0 unspecified atom stereocenters. The van der Waals surface area contributed by atoms with Gasteiger partial charge in [0, 0.05) is 49.1 Å². The molecule has 142 valence electrons. The Bertz CT molecular complexity index is 991. The minimum Gasteiger partial charge on any atom is -0.506 e. The predicted octanol–water partition coefficient (Wildman–Crippen LogP) is 5.05. The van der Waals surface area contributed by atoms with Gasteiger partial charge < -0.3 is 14.8 Å². The van der Waals surface area contributed by atoms with E-state index in [0.29, 0.717) is 29.1 Å². The smallest absolute Gasteiger partial charge is 0.217 e. The minimum atomic E-state index is 0. The molecule has 1 aliphatic heterocycles. The van der Waals surface area contributed by atoms with Gasteiger partial charge in [-0.1, -0.05) is 32.0 Å². The fourth-order valence-electron chi connectivity index (χ4n) is 2.79. The molecule has 0 radical (unpaired) electrons. The molecule has 3 aromatic rings. The summed E-state index contributed by atoms with van der Waals surface area (Å²) in [5, 5.41) is 11.9. The number of ether oxygens (including phenoxy) is 1. The molecular weight excluding hydrogens is 539 g/mol. The quantitative estimate of drug-likeness (QED) is 0.456. The van der Waals surface area contributed by atoms with Crippen LogP contribution < -0.4 is 4.74 Å². The molecule has 2 aromatic carbocycles. The number of aromatic nitrogens is 1. The van der Waals surface area contributed by atoms with Gasteiger partial charge in [0.1, 0.15) is 11.3 Å². The summed E-state index contributed by atoms with van der Waals surface area (Å²) >= 11 is 1.77. The number of thioether (sulfide) groups is 1. The summed E-state index contributed by atoms with van der Waals surface area (Å²) in [4.78, 5) is 9.21. The van der Waals surface area contributed by atoms with Crippen molar-refractivity contribution in [1.82, 2.24) is 4.98 Å². The van der Waals surface area contributed by atoms with Gasteiger partial charge in [0.2, 0.25) is 5.88 Å². The van der Waals surface area contributed by atoms with Crippen LogP contribution in [0.25, 0.3) is 10.9 Å². The number of nitrogens with zero attached hydrogens (tertiary/aromatic N) is 2. The number of para-hydroxylation sites is 1. The van der Waals surface area contributed by atoms with Gasteiger partial charge >= 0.3 is 0 Å². The maximum absolute atomic E-state index is 9.97. The summed E-state index contributed by atoms with van der Waals surface area (Å²) in [6, 6.07) is 18.4. The maximum atomic E-state index is 9.97. The minimum absolute atomic E-state index is 0. The van der Waals surface area contributed by atoms with Crippen molar-refractivity contribution in [3.63, 3.8) is 0 Å². The summed E-state index contributed by atoms with van der Waals surface area (Å²) in [7, 11) is 0. The van der Waals surface area contributed by atoms with Crippen molar-refractivity contribution in [2.45, 2.75) is 19.9 Å². The monoisotopic (exact) mass is 558 g/mol. The topological polar surface area (TPSA) is 54.7 Å². The number of benzene rings is 2. The molecule has 4 nitrogen and oxygen atoms in total. The third kappa shape index (κ3) is 4.36. The first-order chi connectivity index (χ1) is 12.6. The van der Waals surface area contributed by atoms with Crippen molar-refractivity contribution >= 4 is 27.7 Å². The Morgan fingerprint density at radius 3 is 2.74 bits per heavy atom. The molecular formula is C21H19N2O2PtS-. The fraction of sp³-hybridized carbons (Fsp3) is 0.238. The van der Waals surface area contributed by atoms with E-state index in [-0.39, 0.29) is 26.8 Å². The average Bonchev–Trinajstić information content (AvgIpc) is 3.13. The zero-order chi connectivity index (χ0) is 18.1. The number of fused-ring (bicyclic) bond motifs is 1. The summed E-state index contributed by atoms with van der Waals surface area (Å²) in [6.45, 7) is 4.39. The molecule has 1 N–H and O–H groups in total. The third-order valence-electron chi connectivity index (χ3n) is 4.33. The van der Waals surface area contributed by atoms with E-state index < -0.39 is 0 Å². The number of rotatable bonds is 4. The molecule has 1 aliphatic rings. The molecule has 0 saturated carbocycles. The van der Waals surface area contributed by atoms with Crippen LogP contribution in [0, 0.1) is 12.0 Å². The third-order valence-corrected chi connectivity index (χ3v) is 5.44. The van der Waals surface area contributed by atoms with Gasteiger partial charge in [-0.25, -0.2) is 4.98 Å². The molecule has 27 heavy (non-hydrogen) atoms. The Hall–Kier alpha value is -1.84. The molecule has 0 spiro atoms. The summed E-state index contributed by atoms with van der Waals surface area (Å²) < 4.78 is 5.87. The number of aromatic hydroxyl groups is 1. The zero-order valence-electron chi connectivity index (χ0n) is 15.0. The van der Waals surface area contributed by atoms with Crippen LogP contribution in [0.1, 0.15) is 19.4 Å². The Labute approximate surface area is 177 Å². The van der Waals surface area contributed by atoms with E-state index in [0.717, 1.165) is 21.7 Å². The maximum Gasteiger partial charge on any atom is 0.217 e. The number of aliphatic imine (C=N–C) groups is 1. The zero-order valence-corrected chi connectivity index (χ0v) is 18.0. The van der Waals surface area contributed by atoms with Crippen LogP contribution >= 0.6 is 11.8 Å². The summed E-state index contributed by atoms with van der Waals surface area (Å²) in [5.74, 6) is 2.70. The van der Waals surface area contributed by atoms with Gasteiger partial charge in [0.15, 0.2) is 0 Å². The Morgan fingerprint density at radius 2 is 1.96 bits per heavy atom. The van der Waals surface area contributed by atoms with Gasteiger partial charge in [0.05, 0.1) is 6.04 Å².